The van der Waals surface area contributed by atoms with Gasteiger partial charge in [0.05, 0.1) is 17.1 Å². The molecule has 0 saturated carbocycles. The lowest BCUT2D eigenvalue weighted by molar-refractivity contribution is 0.266. The van der Waals surface area contributed by atoms with Crippen molar-refractivity contribution in [3.05, 3.63) is 90.3 Å². The molecule has 0 radical (unpaired) electrons. The van der Waals surface area contributed by atoms with Crippen LogP contribution in [-0.2, 0) is 19.6 Å². The van der Waals surface area contributed by atoms with E-state index in [1.165, 1.54) is 6.42 Å². The maximum absolute atomic E-state index is 4.38. The van der Waals surface area contributed by atoms with E-state index in [9.17, 15) is 0 Å². The van der Waals surface area contributed by atoms with E-state index in [0.29, 0.717) is 0 Å². The molecule has 0 amide bonds. The number of hydrogen-bond acceptors (Lipinski definition) is 7. The molecule has 3 aromatic heterocycles. The Bertz CT molecular complexity index is 799. The molecule has 0 fully saturated rings. The Labute approximate surface area is 198 Å². The maximum atomic E-state index is 4.38. The van der Waals surface area contributed by atoms with Gasteiger partial charge in [-0.15, -0.1) is 0 Å². The molecule has 0 spiro atoms. The molecule has 0 saturated heterocycles. The summed E-state index contributed by atoms with van der Waals surface area (Å²) in [5.41, 5.74) is 3.26. The molecule has 0 atom stereocenters. The van der Waals surface area contributed by atoms with E-state index in [1.807, 2.05) is 55.0 Å². The molecule has 33 heavy (non-hydrogen) atoms. The summed E-state index contributed by atoms with van der Waals surface area (Å²) in [7, 11) is 0. The smallest absolute Gasteiger partial charge is 0.0541 e. The fourth-order valence-electron chi connectivity index (χ4n) is 3.55. The van der Waals surface area contributed by atoms with E-state index in [4.69, 9.17) is 0 Å². The molecule has 3 rings (SSSR count). The van der Waals surface area contributed by atoms with Crippen molar-refractivity contribution in [2.24, 2.45) is 0 Å². The zero-order valence-corrected chi connectivity index (χ0v) is 19.5. The Morgan fingerprint density at radius 1 is 0.515 bits per heavy atom. The fourth-order valence-corrected chi connectivity index (χ4v) is 3.55. The number of rotatable bonds is 17. The van der Waals surface area contributed by atoms with Gasteiger partial charge in [-0.05, 0) is 62.3 Å². The van der Waals surface area contributed by atoms with Gasteiger partial charge < -0.3 is 20.9 Å². The normalized spacial score (nSPS) is 11.2. The Morgan fingerprint density at radius 3 is 1.39 bits per heavy atom. The van der Waals surface area contributed by atoms with Gasteiger partial charge in [0, 0.05) is 64.4 Å². The molecule has 0 unspecified atom stereocenters. The van der Waals surface area contributed by atoms with E-state index in [0.717, 1.165) is 82.4 Å². The molecule has 3 N–H and O–H groups in total. The van der Waals surface area contributed by atoms with E-state index >= 15 is 0 Å². The van der Waals surface area contributed by atoms with Crippen LogP contribution in [0.3, 0.4) is 0 Å². The topological polar surface area (TPSA) is 78.0 Å². The van der Waals surface area contributed by atoms with Crippen molar-refractivity contribution in [3.8, 4) is 0 Å². The van der Waals surface area contributed by atoms with Crippen molar-refractivity contribution in [2.75, 3.05) is 39.3 Å². The summed E-state index contributed by atoms with van der Waals surface area (Å²) in [6, 6.07) is 18.1. The third-order valence-corrected chi connectivity index (χ3v) is 5.38. The van der Waals surface area contributed by atoms with Gasteiger partial charge in [-0.3, -0.25) is 15.0 Å². The Balaban J connectivity index is 1.32. The molecule has 7 heteroatoms. The predicted octanol–water partition coefficient (Wildman–Crippen LogP) is 2.62. The van der Waals surface area contributed by atoms with Crippen LogP contribution in [0.5, 0.6) is 0 Å². The first-order chi connectivity index (χ1) is 16.4. The van der Waals surface area contributed by atoms with Crippen LogP contribution in [0.2, 0.25) is 0 Å². The molecule has 0 aliphatic heterocycles. The summed E-state index contributed by atoms with van der Waals surface area (Å²) in [6.07, 6.45) is 7.87. The van der Waals surface area contributed by atoms with Gasteiger partial charge in [-0.2, -0.15) is 0 Å². The molecule has 0 bridgehead atoms. The second-order valence-electron chi connectivity index (χ2n) is 8.04. The summed E-state index contributed by atoms with van der Waals surface area (Å²) in [5, 5.41) is 10.5. The molecule has 0 aliphatic carbocycles. The van der Waals surface area contributed by atoms with Crippen LogP contribution < -0.4 is 16.0 Å². The summed E-state index contributed by atoms with van der Waals surface area (Å²) in [5.74, 6) is 0. The number of unbranched alkanes of at least 4 members (excludes halogenated alkanes) is 1. The second kappa shape index (κ2) is 16.0. The van der Waals surface area contributed by atoms with Gasteiger partial charge in [0.1, 0.15) is 0 Å². The summed E-state index contributed by atoms with van der Waals surface area (Å²) >= 11 is 0. The largest absolute Gasteiger partial charge is 0.311 e. The average Bonchev–Trinajstić information content (AvgIpc) is 2.88. The van der Waals surface area contributed by atoms with Crippen molar-refractivity contribution in [1.82, 2.24) is 35.8 Å². The summed E-state index contributed by atoms with van der Waals surface area (Å²) in [4.78, 5) is 15.7. The van der Waals surface area contributed by atoms with Gasteiger partial charge in [0.25, 0.3) is 0 Å². The highest BCUT2D eigenvalue weighted by Crippen LogP contribution is 1.98. The van der Waals surface area contributed by atoms with E-state index < -0.39 is 0 Å². The van der Waals surface area contributed by atoms with Crippen LogP contribution in [0.25, 0.3) is 0 Å². The average molecular weight is 448 g/mol. The van der Waals surface area contributed by atoms with Crippen LogP contribution >= 0.6 is 0 Å². The van der Waals surface area contributed by atoms with Crippen molar-refractivity contribution in [3.63, 3.8) is 0 Å². The molecular formula is C26H37N7. The summed E-state index contributed by atoms with van der Waals surface area (Å²) in [6.45, 7) is 8.53. The highest BCUT2D eigenvalue weighted by Gasteiger charge is 2.05. The molecule has 3 aromatic rings. The Morgan fingerprint density at radius 2 is 0.970 bits per heavy atom. The lowest BCUT2D eigenvalue weighted by Gasteiger charge is -2.23. The lowest BCUT2D eigenvalue weighted by atomic mass is 10.2. The van der Waals surface area contributed by atoms with Crippen LogP contribution in [0.15, 0.2) is 73.2 Å². The second-order valence-corrected chi connectivity index (χ2v) is 8.04. The lowest BCUT2D eigenvalue weighted by Crippen LogP contribution is -2.37. The van der Waals surface area contributed by atoms with Crippen molar-refractivity contribution >= 4 is 0 Å². The number of aromatic nitrogens is 3. The minimum Gasteiger partial charge on any atom is -0.311 e. The number of nitrogens with zero attached hydrogens (tertiary/aromatic N) is 4. The van der Waals surface area contributed by atoms with Crippen molar-refractivity contribution in [2.45, 2.75) is 32.5 Å². The molecular weight excluding hydrogens is 410 g/mol. The number of pyridine rings is 3. The first-order valence-electron chi connectivity index (χ1n) is 11.9. The first-order valence-corrected chi connectivity index (χ1v) is 11.9. The van der Waals surface area contributed by atoms with Crippen LogP contribution in [0, 0.1) is 0 Å². The zero-order valence-electron chi connectivity index (χ0n) is 19.5. The van der Waals surface area contributed by atoms with Gasteiger partial charge in [0.15, 0.2) is 0 Å². The quantitative estimate of drug-likeness (QED) is 0.275. The third kappa shape index (κ3) is 11.1. The first kappa shape index (κ1) is 24.9. The number of hydrogen-bond donors (Lipinski definition) is 3. The highest BCUT2D eigenvalue weighted by atomic mass is 15.1. The van der Waals surface area contributed by atoms with E-state index in [-0.39, 0.29) is 0 Å². The molecule has 3 heterocycles. The van der Waals surface area contributed by atoms with Gasteiger partial charge in [0.2, 0.25) is 0 Å². The fraction of sp³-hybridized carbons (Fsp3) is 0.423. The monoisotopic (exact) mass is 447 g/mol. The van der Waals surface area contributed by atoms with Crippen molar-refractivity contribution in [1.29, 1.82) is 0 Å². The Kier molecular flexibility index (Phi) is 12.1. The van der Waals surface area contributed by atoms with E-state index in [1.54, 1.807) is 0 Å². The van der Waals surface area contributed by atoms with Crippen LogP contribution in [-0.4, -0.2) is 59.1 Å². The maximum Gasteiger partial charge on any atom is 0.0541 e. The van der Waals surface area contributed by atoms with Gasteiger partial charge >= 0.3 is 0 Å². The number of nitrogens with one attached hydrogen (secondary N) is 3. The Hall–Kier alpha value is -2.71. The summed E-state index contributed by atoms with van der Waals surface area (Å²) < 4.78 is 0. The molecule has 176 valence electrons. The standard InChI is InChI=1S/C26H37N7/c1-4-13-30-24(9-1)21-27-12-7-8-18-33(19-16-28-22-25-10-2-5-14-31-25)20-17-29-23-26-11-3-6-15-32-26/h1-6,9-11,13-15,27-29H,7-8,12,16-23H2. The van der Waals surface area contributed by atoms with Crippen LogP contribution in [0.1, 0.15) is 29.9 Å². The van der Waals surface area contributed by atoms with E-state index in [2.05, 4.69) is 54.0 Å². The van der Waals surface area contributed by atoms with Crippen LogP contribution in [0.4, 0.5) is 0 Å². The van der Waals surface area contributed by atoms with Gasteiger partial charge in [-0.25, -0.2) is 0 Å². The SMILES string of the molecule is c1ccc(CNCCCCN(CCNCc2ccccn2)CCNCc2ccccn2)nc1. The minimum absolute atomic E-state index is 0.810. The molecule has 0 aromatic carbocycles. The molecule has 7 nitrogen and oxygen atoms in total. The zero-order chi connectivity index (χ0) is 22.8. The predicted molar refractivity (Wildman–Crippen MR) is 134 cm³/mol. The van der Waals surface area contributed by atoms with Gasteiger partial charge in [-0.1, -0.05) is 18.2 Å². The molecule has 0 aliphatic rings. The minimum atomic E-state index is 0.810. The third-order valence-electron chi connectivity index (χ3n) is 5.38. The highest BCUT2D eigenvalue weighted by molar-refractivity contribution is 5.04. The van der Waals surface area contributed by atoms with Crippen molar-refractivity contribution < 1.29 is 0 Å².